The fourth-order valence-corrected chi connectivity index (χ4v) is 2.34. The number of nitrogens with one attached hydrogen (secondary N) is 1. The molecule has 3 rings (SSSR count). The first-order valence-corrected chi connectivity index (χ1v) is 5.62. The Kier molecular flexibility index (Phi) is 2.16. The molecule has 0 spiro atoms. The molecule has 0 fully saturated rings. The van der Waals surface area contributed by atoms with E-state index < -0.39 is 0 Å². The van der Waals surface area contributed by atoms with E-state index in [0.29, 0.717) is 10.8 Å². The highest BCUT2D eigenvalue weighted by atomic mass is 35.5. The van der Waals surface area contributed by atoms with E-state index in [4.69, 9.17) is 11.6 Å². The van der Waals surface area contributed by atoms with Crippen molar-refractivity contribution in [1.82, 2.24) is 9.97 Å². The van der Waals surface area contributed by atoms with Crippen LogP contribution in [0.25, 0.3) is 21.8 Å². The number of hydrogen-bond acceptors (Lipinski definition) is 2. The van der Waals surface area contributed by atoms with Gasteiger partial charge in [-0.15, -0.1) is 0 Å². The van der Waals surface area contributed by atoms with Crippen molar-refractivity contribution in [3.8, 4) is 0 Å². The summed E-state index contributed by atoms with van der Waals surface area (Å²) >= 11 is 6.04. The molecule has 0 unspecified atom stereocenters. The van der Waals surface area contributed by atoms with Gasteiger partial charge in [0.15, 0.2) is 5.43 Å². The summed E-state index contributed by atoms with van der Waals surface area (Å²) in [4.78, 5) is 19.6. The zero-order valence-corrected chi connectivity index (χ0v) is 9.88. The van der Waals surface area contributed by atoms with Crippen LogP contribution in [0.3, 0.4) is 0 Å². The van der Waals surface area contributed by atoms with Crippen molar-refractivity contribution in [3.63, 3.8) is 0 Å². The second-order valence-electron chi connectivity index (χ2n) is 3.98. The van der Waals surface area contributed by atoms with Gasteiger partial charge in [0, 0.05) is 16.6 Å². The molecule has 1 N–H and O–H groups in total. The summed E-state index contributed by atoms with van der Waals surface area (Å²) in [6.07, 6.45) is 0. The third-order valence-electron chi connectivity index (χ3n) is 2.77. The standard InChI is InChI=1S/C13H9ClN2O/c1-7-6-10-11(13(14)15-7)12(17)8-4-2-3-5-9(8)16-10/h2-6H,1H3,(H,16,17). The minimum absolute atomic E-state index is 0.0770. The number of aromatic nitrogens is 2. The molecule has 4 heteroatoms. The maximum atomic E-state index is 12.3. The van der Waals surface area contributed by atoms with E-state index >= 15 is 0 Å². The number of H-pyrrole nitrogens is 1. The summed E-state index contributed by atoms with van der Waals surface area (Å²) in [6, 6.07) is 9.21. The van der Waals surface area contributed by atoms with Crippen molar-refractivity contribution in [2.45, 2.75) is 6.92 Å². The van der Waals surface area contributed by atoms with Crippen LogP contribution in [0, 0.1) is 6.92 Å². The first-order chi connectivity index (χ1) is 8.16. The van der Waals surface area contributed by atoms with Crippen LogP contribution in [-0.4, -0.2) is 9.97 Å². The van der Waals surface area contributed by atoms with Gasteiger partial charge in [-0.2, -0.15) is 0 Å². The van der Waals surface area contributed by atoms with E-state index in [-0.39, 0.29) is 10.6 Å². The number of rotatable bonds is 0. The Morgan fingerprint density at radius 3 is 2.82 bits per heavy atom. The Bertz CT molecular complexity index is 792. The largest absolute Gasteiger partial charge is 0.354 e. The fraction of sp³-hybridized carbons (Fsp3) is 0.0769. The van der Waals surface area contributed by atoms with E-state index in [2.05, 4.69) is 9.97 Å². The number of para-hydroxylation sites is 1. The quantitative estimate of drug-likeness (QED) is 0.488. The number of hydrogen-bond donors (Lipinski definition) is 1. The molecule has 2 aromatic heterocycles. The third kappa shape index (κ3) is 1.51. The predicted molar refractivity (Wildman–Crippen MR) is 69.6 cm³/mol. The van der Waals surface area contributed by atoms with Gasteiger partial charge < -0.3 is 4.98 Å². The van der Waals surface area contributed by atoms with E-state index in [1.54, 1.807) is 6.07 Å². The Morgan fingerprint density at radius 1 is 1.24 bits per heavy atom. The van der Waals surface area contributed by atoms with Gasteiger partial charge in [-0.05, 0) is 25.1 Å². The number of fused-ring (bicyclic) bond motifs is 2. The maximum Gasteiger partial charge on any atom is 0.200 e. The molecular weight excluding hydrogens is 236 g/mol. The smallest absolute Gasteiger partial charge is 0.200 e. The highest BCUT2D eigenvalue weighted by Crippen LogP contribution is 2.20. The summed E-state index contributed by atoms with van der Waals surface area (Å²) in [7, 11) is 0. The number of aromatic amines is 1. The average Bonchev–Trinajstić information content (AvgIpc) is 2.28. The summed E-state index contributed by atoms with van der Waals surface area (Å²) in [5.74, 6) is 0. The van der Waals surface area contributed by atoms with Gasteiger partial charge in [0.2, 0.25) is 0 Å². The van der Waals surface area contributed by atoms with Crippen LogP contribution in [-0.2, 0) is 0 Å². The van der Waals surface area contributed by atoms with Crippen molar-refractivity contribution < 1.29 is 0 Å². The van der Waals surface area contributed by atoms with Gasteiger partial charge in [0.25, 0.3) is 0 Å². The molecule has 3 aromatic rings. The van der Waals surface area contributed by atoms with Crippen LogP contribution in [0.4, 0.5) is 0 Å². The molecule has 0 bridgehead atoms. The van der Waals surface area contributed by atoms with Gasteiger partial charge in [0.1, 0.15) is 5.15 Å². The highest BCUT2D eigenvalue weighted by Gasteiger charge is 2.09. The molecule has 17 heavy (non-hydrogen) atoms. The Hall–Kier alpha value is -1.87. The monoisotopic (exact) mass is 244 g/mol. The zero-order valence-electron chi connectivity index (χ0n) is 9.12. The number of aryl methyl sites for hydroxylation is 1. The molecule has 0 atom stereocenters. The molecule has 84 valence electrons. The van der Waals surface area contributed by atoms with Crippen LogP contribution in [0.15, 0.2) is 35.1 Å². The average molecular weight is 245 g/mol. The second-order valence-corrected chi connectivity index (χ2v) is 4.33. The molecule has 0 saturated carbocycles. The molecule has 0 saturated heterocycles. The van der Waals surface area contributed by atoms with Crippen LogP contribution in [0.5, 0.6) is 0 Å². The van der Waals surface area contributed by atoms with Crippen molar-refractivity contribution in [2.75, 3.05) is 0 Å². The van der Waals surface area contributed by atoms with Crippen LogP contribution in [0.2, 0.25) is 5.15 Å². The fourth-order valence-electron chi connectivity index (χ4n) is 2.02. The lowest BCUT2D eigenvalue weighted by Crippen LogP contribution is -2.05. The second kappa shape index (κ2) is 3.57. The third-order valence-corrected chi connectivity index (χ3v) is 3.04. The summed E-state index contributed by atoms with van der Waals surface area (Å²) in [5, 5.41) is 1.34. The minimum Gasteiger partial charge on any atom is -0.354 e. The molecule has 0 aliphatic rings. The van der Waals surface area contributed by atoms with Crippen molar-refractivity contribution in [1.29, 1.82) is 0 Å². The summed E-state index contributed by atoms with van der Waals surface area (Å²) in [5.41, 5.74) is 2.25. The molecule has 0 amide bonds. The summed E-state index contributed by atoms with van der Waals surface area (Å²) < 4.78 is 0. The number of nitrogens with zero attached hydrogens (tertiary/aromatic N) is 1. The van der Waals surface area contributed by atoms with Crippen LogP contribution >= 0.6 is 11.6 Å². The highest BCUT2D eigenvalue weighted by molar-refractivity contribution is 6.34. The van der Waals surface area contributed by atoms with Gasteiger partial charge >= 0.3 is 0 Å². The first kappa shape index (κ1) is 10.3. The lowest BCUT2D eigenvalue weighted by atomic mass is 10.1. The Labute approximate surface area is 102 Å². The Morgan fingerprint density at radius 2 is 2.00 bits per heavy atom. The van der Waals surface area contributed by atoms with Gasteiger partial charge in [-0.1, -0.05) is 23.7 Å². The molecule has 1 aromatic carbocycles. The molecule has 3 nitrogen and oxygen atoms in total. The molecule has 2 heterocycles. The maximum absolute atomic E-state index is 12.3. The van der Waals surface area contributed by atoms with Crippen molar-refractivity contribution in [3.05, 3.63) is 51.4 Å². The predicted octanol–water partition coefficient (Wildman–Crippen LogP) is 3.04. The van der Waals surface area contributed by atoms with Crippen molar-refractivity contribution >= 4 is 33.4 Å². The van der Waals surface area contributed by atoms with Crippen molar-refractivity contribution in [2.24, 2.45) is 0 Å². The Balaban J connectivity index is 2.64. The number of pyridine rings is 2. The molecule has 0 aliphatic carbocycles. The van der Waals surface area contributed by atoms with Crippen LogP contribution < -0.4 is 5.43 Å². The van der Waals surface area contributed by atoms with Gasteiger partial charge in [-0.3, -0.25) is 4.79 Å². The lowest BCUT2D eigenvalue weighted by Gasteiger charge is -2.04. The topological polar surface area (TPSA) is 45.8 Å². The zero-order chi connectivity index (χ0) is 12.0. The lowest BCUT2D eigenvalue weighted by molar-refractivity contribution is 1.21. The molecule has 0 aliphatic heterocycles. The molecule has 0 radical (unpaired) electrons. The number of halogens is 1. The normalized spacial score (nSPS) is 11.2. The molecular formula is C13H9ClN2O. The van der Waals surface area contributed by atoms with E-state index in [1.165, 1.54) is 0 Å². The SMILES string of the molecule is Cc1cc2[nH]c3ccccc3c(=O)c2c(Cl)n1. The summed E-state index contributed by atoms with van der Waals surface area (Å²) in [6.45, 7) is 1.85. The minimum atomic E-state index is -0.0770. The number of benzene rings is 1. The van der Waals surface area contributed by atoms with E-state index in [1.807, 2.05) is 31.2 Å². The van der Waals surface area contributed by atoms with E-state index in [0.717, 1.165) is 16.7 Å². The van der Waals surface area contributed by atoms with Gasteiger partial charge in [-0.25, -0.2) is 4.98 Å². The van der Waals surface area contributed by atoms with Crippen LogP contribution in [0.1, 0.15) is 5.69 Å². The first-order valence-electron chi connectivity index (χ1n) is 5.25. The van der Waals surface area contributed by atoms with E-state index in [9.17, 15) is 4.79 Å². The van der Waals surface area contributed by atoms with Gasteiger partial charge in [0.05, 0.1) is 10.9 Å².